The van der Waals surface area contributed by atoms with Gasteiger partial charge in [-0.3, -0.25) is 4.79 Å². The third-order valence-corrected chi connectivity index (χ3v) is 4.07. The lowest BCUT2D eigenvalue weighted by atomic mass is 10.1. The van der Waals surface area contributed by atoms with Crippen molar-refractivity contribution in [2.24, 2.45) is 11.8 Å². The van der Waals surface area contributed by atoms with Gasteiger partial charge in [-0.1, -0.05) is 18.8 Å². The van der Waals surface area contributed by atoms with Crippen LogP contribution in [0, 0.1) is 23.7 Å². The van der Waals surface area contributed by atoms with Gasteiger partial charge in [-0.25, -0.2) is 4.98 Å². The molecule has 0 bridgehead atoms. The zero-order valence-electron chi connectivity index (χ0n) is 14.7. The number of pyridine rings is 1. The monoisotopic (exact) mass is 339 g/mol. The van der Waals surface area contributed by atoms with Crippen LogP contribution in [0.15, 0.2) is 12.3 Å². The highest BCUT2D eigenvalue weighted by molar-refractivity contribution is 5.97. The standard InChI is InChI=1S/C18H21N5O2/c1-10-7-12(10)17(24)21-14-8-13-11(5-6-18(2,3)25)9-20-16(19-4)15(13)23-22-14/h8-10,12,25H,7H2,1-4H3,(H,19,20)(H,21,22,24)/t10-,12+/m1/s1. The molecule has 3 N–H and O–H groups in total. The average molecular weight is 339 g/mol. The van der Waals surface area contributed by atoms with Crippen LogP contribution in [0.5, 0.6) is 0 Å². The van der Waals surface area contributed by atoms with Crippen LogP contribution in [0.2, 0.25) is 0 Å². The van der Waals surface area contributed by atoms with Gasteiger partial charge in [0, 0.05) is 24.5 Å². The number of carbonyl (C=O) groups is 1. The lowest BCUT2D eigenvalue weighted by Gasteiger charge is -2.09. The van der Waals surface area contributed by atoms with Gasteiger partial charge in [0.25, 0.3) is 0 Å². The van der Waals surface area contributed by atoms with Crippen LogP contribution in [0.3, 0.4) is 0 Å². The Morgan fingerprint density at radius 3 is 2.72 bits per heavy atom. The number of anilines is 2. The molecule has 1 aliphatic rings. The normalized spacial score (nSPS) is 19.1. The van der Waals surface area contributed by atoms with Crippen LogP contribution in [0.1, 0.15) is 32.8 Å². The first-order valence-corrected chi connectivity index (χ1v) is 8.19. The molecule has 0 spiro atoms. The number of hydrogen-bond donors (Lipinski definition) is 3. The van der Waals surface area contributed by atoms with Crippen LogP contribution in [-0.4, -0.2) is 38.8 Å². The first-order chi connectivity index (χ1) is 11.8. The summed E-state index contributed by atoms with van der Waals surface area (Å²) in [4.78, 5) is 16.4. The molecular weight excluding hydrogens is 318 g/mol. The summed E-state index contributed by atoms with van der Waals surface area (Å²) >= 11 is 0. The molecule has 7 nitrogen and oxygen atoms in total. The molecule has 1 amide bonds. The molecule has 0 saturated heterocycles. The molecule has 7 heteroatoms. The van der Waals surface area contributed by atoms with Crippen LogP contribution in [0.25, 0.3) is 10.9 Å². The van der Waals surface area contributed by atoms with Crippen molar-refractivity contribution in [3.8, 4) is 11.8 Å². The molecule has 130 valence electrons. The number of hydrogen-bond acceptors (Lipinski definition) is 6. The third-order valence-electron chi connectivity index (χ3n) is 4.07. The van der Waals surface area contributed by atoms with Crippen molar-refractivity contribution in [3.05, 3.63) is 17.8 Å². The first-order valence-electron chi connectivity index (χ1n) is 8.19. The molecule has 2 atom stereocenters. The van der Waals surface area contributed by atoms with E-state index in [1.807, 2.05) is 6.92 Å². The Labute approximate surface area is 146 Å². The van der Waals surface area contributed by atoms with Gasteiger partial charge in [0.05, 0.1) is 5.56 Å². The number of aromatic nitrogens is 3. The number of fused-ring (bicyclic) bond motifs is 1. The number of carbonyl (C=O) groups excluding carboxylic acids is 1. The summed E-state index contributed by atoms with van der Waals surface area (Å²) in [6.45, 7) is 5.27. The molecule has 1 saturated carbocycles. The minimum Gasteiger partial charge on any atom is -0.378 e. The van der Waals surface area contributed by atoms with Crippen LogP contribution in [0.4, 0.5) is 11.6 Å². The fraction of sp³-hybridized carbons (Fsp3) is 0.444. The van der Waals surface area contributed by atoms with Crippen molar-refractivity contribution in [2.45, 2.75) is 32.8 Å². The molecule has 0 aromatic carbocycles. The Hall–Kier alpha value is -2.72. The lowest BCUT2D eigenvalue weighted by Crippen LogP contribution is -2.16. The van der Waals surface area contributed by atoms with Crippen molar-refractivity contribution in [3.63, 3.8) is 0 Å². The van der Waals surface area contributed by atoms with Gasteiger partial charge in [0.2, 0.25) is 5.91 Å². The second-order valence-electron chi connectivity index (χ2n) is 6.88. The van der Waals surface area contributed by atoms with Crippen molar-refractivity contribution in [1.82, 2.24) is 15.2 Å². The molecule has 0 aliphatic heterocycles. The highest BCUT2D eigenvalue weighted by Crippen LogP contribution is 2.38. The summed E-state index contributed by atoms with van der Waals surface area (Å²) in [7, 11) is 1.75. The topological polar surface area (TPSA) is 100 Å². The molecule has 3 rings (SSSR count). The lowest BCUT2D eigenvalue weighted by molar-refractivity contribution is -0.117. The minimum atomic E-state index is -1.12. The fourth-order valence-electron chi connectivity index (χ4n) is 2.50. The molecule has 0 radical (unpaired) electrons. The van der Waals surface area contributed by atoms with E-state index in [4.69, 9.17) is 0 Å². The Bertz CT molecular complexity index is 892. The molecule has 1 fully saturated rings. The summed E-state index contributed by atoms with van der Waals surface area (Å²) in [5.74, 6) is 7.10. The molecule has 2 aromatic rings. The number of nitrogens with one attached hydrogen (secondary N) is 2. The predicted octanol–water partition coefficient (Wildman–Crippen LogP) is 1.78. The summed E-state index contributed by atoms with van der Waals surface area (Å²) in [5.41, 5.74) is 0.0531. The van der Waals surface area contributed by atoms with Gasteiger partial charge in [0.15, 0.2) is 11.6 Å². The van der Waals surface area contributed by atoms with Gasteiger partial charge in [-0.15, -0.1) is 10.2 Å². The maximum atomic E-state index is 12.1. The largest absolute Gasteiger partial charge is 0.378 e. The number of aliphatic hydroxyl groups is 1. The minimum absolute atomic E-state index is 0.0341. The average Bonchev–Trinajstić information content (AvgIpc) is 3.28. The molecule has 0 unspecified atom stereocenters. The van der Waals surface area contributed by atoms with E-state index >= 15 is 0 Å². The zero-order chi connectivity index (χ0) is 18.2. The number of rotatable bonds is 3. The Morgan fingerprint density at radius 2 is 2.12 bits per heavy atom. The molecule has 2 heterocycles. The molecule has 2 aromatic heterocycles. The van der Waals surface area contributed by atoms with E-state index in [1.54, 1.807) is 33.2 Å². The zero-order valence-corrected chi connectivity index (χ0v) is 14.7. The van der Waals surface area contributed by atoms with Crippen molar-refractivity contribution >= 4 is 28.4 Å². The third kappa shape index (κ3) is 3.86. The van der Waals surface area contributed by atoms with E-state index < -0.39 is 5.60 Å². The molecule has 1 aliphatic carbocycles. The van der Waals surface area contributed by atoms with Crippen LogP contribution in [-0.2, 0) is 4.79 Å². The van der Waals surface area contributed by atoms with Gasteiger partial charge in [-0.05, 0) is 32.3 Å². The maximum absolute atomic E-state index is 12.1. The maximum Gasteiger partial charge on any atom is 0.228 e. The first kappa shape index (κ1) is 17.1. The van der Waals surface area contributed by atoms with E-state index in [-0.39, 0.29) is 11.8 Å². The van der Waals surface area contributed by atoms with Gasteiger partial charge >= 0.3 is 0 Å². The van der Waals surface area contributed by atoms with Crippen molar-refractivity contribution in [2.75, 3.05) is 17.7 Å². The fourth-order valence-corrected chi connectivity index (χ4v) is 2.50. The highest BCUT2D eigenvalue weighted by Gasteiger charge is 2.39. The van der Waals surface area contributed by atoms with E-state index in [1.165, 1.54) is 0 Å². The summed E-state index contributed by atoms with van der Waals surface area (Å²) in [5, 5.41) is 24.6. The smallest absolute Gasteiger partial charge is 0.228 e. The van der Waals surface area contributed by atoms with Gasteiger partial charge in [-0.2, -0.15) is 0 Å². The second-order valence-corrected chi connectivity index (χ2v) is 6.88. The Kier molecular flexibility index (Phi) is 4.31. The summed E-state index contributed by atoms with van der Waals surface area (Å²) < 4.78 is 0. The molecule has 25 heavy (non-hydrogen) atoms. The van der Waals surface area contributed by atoms with Crippen molar-refractivity contribution < 1.29 is 9.90 Å². The van der Waals surface area contributed by atoms with E-state index in [0.29, 0.717) is 34.0 Å². The van der Waals surface area contributed by atoms with E-state index in [9.17, 15) is 9.90 Å². The Morgan fingerprint density at radius 1 is 1.40 bits per heavy atom. The van der Waals surface area contributed by atoms with Crippen molar-refractivity contribution in [1.29, 1.82) is 0 Å². The summed E-state index contributed by atoms with van der Waals surface area (Å²) in [6.07, 6.45) is 2.52. The second kappa shape index (κ2) is 6.30. The van der Waals surface area contributed by atoms with Gasteiger partial charge < -0.3 is 15.7 Å². The number of amides is 1. The van der Waals surface area contributed by atoms with Gasteiger partial charge in [0.1, 0.15) is 11.1 Å². The predicted molar refractivity (Wildman–Crippen MR) is 96.0 cm³/mol. The van der Waals surface area contributed by atoms with E-state index in [2.05, 4.69) is 37.7 Å². The summed E-state index contributed by atoms with van der Waals surface area (Å²) in [6, 6.07) is 1.74. The van der Waals surface area contributed by atoms with Crippen LogP contribution < -0.4 is 10.6 Å². The number of nitrogens with zero attached hydrogens (tertiary/aromatic N) is 3. The quantitative estimate of drug-likeness (QED) is 0.737. The highest BCUT2D eigenvalue weighted by atomic mass is 16.3. The molecular formula is C18H21N5O2. The SMILES string of the molecule is CNc1ncc(C#CC(C)(C)O)c2cc(NC(=O)[C@H]3C[C@H]3C)nnc12. The van der Waals surface area contributed by atoms with E-state index in [0.717, 1.165) is 6.42 Å². The van der Waals surface area contributed by atoms with Crippen LogP contribution >= 0.6 is 0 Å². The Balaban J connectivity index is 2.02.